The van der Waals surface area contributed by atoms with Crippen LogP contribution in [0.5, 0.6) is 0 Å². The van der Waals surface area contributed by atoms with E-state index in [1.165, 1.54) is 6.07 Å². The number of terminal acetylenes is 1. The maximum absolute atomic E-state index is 13.5. The number of benzene rings is 1. The van der Waals surface area contributed by atoms with E-state index in [1.54, 1.807) is 19.2 Å². The van der Waals surface area contributed by atoms with Crippen molar-refractivity contribution in [3.63, 3.8) is 0 Å². The van der Waals surface area contributed by atoms with Crippen LogP contribution in [0.4, 0.5) is 4.39 Å². The number of nitrogens with zero attached hydrogens (tertiary/aromatic N) is 1. The number of halogens is 2. The third-order valence-corrected chi connectivity index (χ3v) is 2.77. The third kappa shape index (κ3) is 4.76. The van der Waals surface area contributed by atoms with Crippen LogP contribution in [-0.4, -0.2) is 26.1 Å². The first kappa shape index (κ1) is 14.5. The minimum atomic E-state index is -0.202. The Morgan fingerprint density at radius 1 is 1.50 bits per heavy atom. The number of aliphatic imine (C=N–C) groups is 1. The highest BCUT2D eigenvalue weighted by Crippen LogP contribution is 2.15. The van der Waals surface area contributed by atoms with Gasteiger partial charge < -0.3 is 10.6 Å². The summed E-state index contributed by atoms with van der Waals surface area (Å²) in [5, 5.41) is 5.99. The monoisotopic (exact) mass is 311 g/mol. The average molecular weight is 312 g/mol. The van der Waals surface area contributed by atoms with Gasteiger partial charge in [-0.25, -0.2) is 4.39 Å². The molecule has 3 nitrogen and oxygen atoms in total. The minimum Gasteiger partial charge on any atom is -0.356 e. The molecular weight excluding hydrogens is 297 g/mol. The Morgan fingerprint density at radius 3 is 2.94 bits per heavy atom. The topological polar surface area (TPSA) is 36.4 Å². The van der Waals surface area contributed by atoms with Gasteiger partial charge in [-0.3, -0.25) is 4.99 Å². The smallest absolute Gasteiger partial charge is 0.191 e. The van der Waals surface area contributed by atoms with E-state index < -0.39 is 0 Å². The van der Waals surface area contributed by atoms with Crippen molar-refractivity contribution in [2.75, 3.05) is 20.1 Å². The zero-order chi connectivity index (χ0) is 13.4. The standard InChI is InChI=1S/C13H15BrFN3/c1-3-7-17-13(16-2)18-8-6-10-9-11(14)4-5-12(10)15/h1,4-5,9H,6-8H2,2H3,(H2,16,17,18). The largest absolute Gasteiger partial charge is 0.356 e. The summed E-state index contributed by atoms with van der Waals surface area (Å²) in [5.74, 6) is 2.87. The summed E-state index contributed by atoms with van der Waals surface area (Å²) in [6.07, 6.45) is 5.71. The predicted molar refractivity (Wildman–Crippen MR) is 76.0 cm³/mol. The molecule has 0 atom stereocenters. The summed E-state index contributed by atoms with van der Waals surface area (Å²) < 4.78 is 14.3. The fourth-order valence-corrected chi connectivity index (χ4v) is 1.81. The van der Waals surface area contributed by atoms with Gasteiger partial charge in [0.15, 0.2) is 5.96 Å². The quantitative estimate of drug-likeness (QED) is 0.506. The molecule has 0 saturated carbocycles. The Kier molecular flexibility index (Phi) is 6.23. The van der Waals surface area contributed by atoms with Gasteiger partial charge >= 0.3 is 0 Å². The predicted octanol–water partition coefficient (Wildman–Crippen LogP) is 1.93. The molecule has 18 heavy (non-hydrogen) atoms. The lowest BCUT2D eigenvalue weighted by Gasteiger charge is -2.10. The molecule has 0 bridgehead atoms. The number of hydrogen-bond acceptors (Lipinski definition) is 1. The molecule has 0 aliphatic heterocycles. The Morgan fingerprint density at radius 2 is 2.28 bits per heavy atom. The summed E-state index contributed by atoms with van der Waals surface area (Å²) in [6.45, 7) is 0.989. The van der Waals surface area contributed by atoms with Gasteiger partial charge in [0.1, 0.15) is 5.82 Å². The van der Waals surface area contributed by atoms with Crippen LogP contribution >= 0.6 is 15.9 Å². The summed E-state index contributed by atoms with van der Waals surface area (Å²) >= 11 is 3.32. The fourth-order valence-electron chi connectivity index (χ4n) is 1.41. The van der Waals surface area contributed by atoms with E-state index in [0.29, 0.717) is 31.0 Å². The van der Waals surface area contributed by atoms with Crippen molar-refractivity contribution in [3.8, 4) is 12.3 Å². The van der Waals surface area contributed by atoms with E-state index in [4.69, 9.17) is 6.42 Å². The maximum atomic E-state index is 13.5. The van der Waals surface area contributed by atoms with Crippen molar-refractivity contribution < 1.29 is 4.39 Å². The zero-order valence-corrected chi connectivity index (χ0v) is 11.7. The summed E-state index contributed by atoms with van der Waals surface area (Å²) in [4.78, 5) is 3.99. The van der Waals surface area contributed by atoms with E-state index in [2.05, 4.69) is 37.5 Å². The summed E-state index contributed by atoms with van der Waals surface area (Å²) in [6, 6.07) is 4.90. The van der Waals surface area contributed by atoms with E-state index in [1.807, 2.05) is 0 Å². The van der Waals surface area contributed by atoms with Crippen molar-refractivity contribution in [2.45, 2.75) is 6.42 Å². The van der Waals surface area contributed by atoms with Crippen LogP contribution in [0, 0.1) is 18.2 Å². The van der Waals surface area contributed by atoms with E-state index in [0.717, 1.165) is 4.47 Å². The zero-order valence-electron chi connectivity index (χ0n) is 10.1. The lowest BCUT2D eigenvalue weighted by molar-refractivity contribution is 0.606. The molecule has 96 valence electrons. The second kappa shape index (κ2) is 7.72. The average Bonchev–Trinajstić information content (AvgIpc) is 2.37. The molecule has 0 radical (unpaired) electrons. The summed E-state index contributed by atoms with van der Waals surface area (Å²) in [5.41, 5.74) is 0.657. The first-order chi connectivity index (χ1) is 8.67. The number of guanidine groups is 1. The van der Waals surface area contributed by atoms with Crippen molar-refractivity contribution in [1.82, 2.24) is 10.6 Å². The van der Waals surface area contributed by atoms with Crippen LogP contribution in [0.25, 0.3) is 0 Å². The van der Waals surface area contributed by atoms with E-state index in [-0.39, 0.29) is 5.82 Å². The normalized spacial score (nSPS) is 10.9. The summed E-state index contributed by atoms with van der Waals surface area (Å²) in [7, 11) is 1.66. The van der Waals surface area contributed by atoms with Crippen molar-refractivity contribution in [3.05, 3.63) is 34.1 Å². The highest BCUT2D eigenvalue weighted by molar-refractivity contribution is 9.10. The van der Waals surface area contributed by atoms with Gasteiger partial charge in [-0.1, -0.05) is 21.9 Å². The van der Waals surface area contributed by atoms with Crippen LogP contribution in [0.3, 0.4) is 0 Å². The van der Waals surface area contributed by atoms with Gasteiger partial charge in [-0.15, -0.1) is 6.42 Å². The Bertz CT molecular complexity index is 466. The molecule has 0 aliphatic rings. The number of rotatable bonds is 4. The lowest BCUT2D eigenvalue weighted by Crippen LogP contribution is -2.38. The second-order valence-corrected chi connectivity index (χ2v) is 4.46. The minimum absolute atomic E-state index is 0.202. The van der Waals surface area contributed by atoms with E-state index in [9.17, 15) is 4.39 Å². The molecule has 0 fully saturated rings. The maximum Gasteiger partial charge on any atom is 0.191 e. The van der Waals surface area contributed by atoms with Crippen LogP contribution in [0.1, 0.15) is 5.56 Å². The Labute approximate surface area is 115 Å². The molecule has 2 N–H and O–H groups in total. The van der Waals surface area contributed by atoms with Crippen LogP contribution in [0.2, 0.25) is 0 Å². The van der Waals surface area contributed by atoms with Gasteiger partial charge in [0.2, 0.25) is 0 Å². The molecule has 0 aliphatic carbocycles. The molecule has 5 heteroatoms. The van der Waals surface area contributed by atoms with Gasteiger partial charge in [-0.05, 0) is 30.2 Å². The van der Waals surface area contributed by atoms with E-state index >= 15 is 0 Å². The van der Waals surface area contributed by atoms with Crippen LogP contribution in [0.15, 0.2) is 27.7 Å². The number of hydrogen-bond donors (Lipinski definition) is 2. The molecule has 1 aromatic carbocycles. The molecule has 0 saturated heterocycles. The van der Waals surface area contributed by atoms with Crippen molar-refractivity contribution in [2.24, 2.45) is 4.99 Å². The van der Waals surface area contributed by atoms with Gasteiger partial charge in [0.25, 0.3) is 0 Å². The second-order valence-electron chi connectivity index (χ2n) is 3.54. The molecule has 0 unspecified atom stereocenters. The van der Waals surface area contributed by atoms with Crippen LogP contribution < -0.4 is 10.6 Å². The highest BCUT2D eigenvalue weighted by Gasteiger charge is 2.03. The fraction of sp³-hybridized carbons (Fsp3) is 0.308. The molecule has 0 spiro atoms. The SMILES string of the molecule is C#CCNC(=NC)NCCc1cc(Br)ccc1F. The highest BCUT2D eigenvalue weighted by atomic mass is 79.9. The lowest BCUT2D eigenvalue weighted by atomic mass is 10.1. The molecule has 1 rings (SSSR count). The first-order valence-corrected chi connectivity index (χ1v) is 6.28. The van der Waals surface area contributed by atoms with Crippen molar-refractivity contribution >= 4 is 21.9 Å². The Hall–Kier alpha value is -1.54. The van der Waals surface area contributed by atoms with Crippen LogP contribution in [-0.2, 0) is 6.42 Å². The molecular formula is C13H15BrFN3. The third-order valence-electron chi connectivity index (χ3n) is 2.28. The van der Waals surface area contributed by atoms with Gasteiger partial charge in [0, 0.05) is 18.1 Å². The number of nitrogens with one attached hydrogen (secondary N) is 2. The molecule has 0 amide bonds. The first-order valence-electron chi connectivity index (χ1n) is 5.49. The van der Waals surface area contributed by atoms with Crippen molar-refractivity contribution in [1.29, 1.82) is 0 Å². The Balaban J connectivity index is 2.46. The molecule has 1 aromatic rings. The van der Waals surface area contributed by atoms with Gasteiger partial charge in [0.05, 0.1) is 6.54 Å². The van der Waals surface area contributed by atoms with Gasteiger partial charge in [-0.2, -0.15) is 0 Å². The molecule has 0 aromatic heterocycles. The molecule has 0 heterocycles.